The number of fused-ring (bicyclic) bond motifs is 2. The van der Waals surface area contributed by atoms with Gasteiger partial charge in [0.2, 0.25) is 0 Å². The van der Waals surface area contributed by atoms with Crippen LogP contribution in [0.4, 0.5) is 0 Å². The van der Waals surface area contributed by atoms with Crippen LogP contribution in [0.3, 0.4) is 0 Å². The van der Waals surface area contributed by atoms with E-state index in [2.05, 4.69) is 11.4 Å². The van der Waals surface area contributed by atoms with E-state index in [-0.39, 0.29) is 23.1 Å². The molecular weight excluding hydrogens is 404 g/mol. The number of hydrogen-bond donors (Lipinski definition) is 1. The summed E-state index contributed by atoms with van der Waals surface area (Å²) in [5.41, 5.74) is 1.43. The molecule has 160 valence electrons. The van der Waals surface area contributed by atoms with E-state index in [1.54, 1.807) is 25.3 Å². The summed E-state index contributed by atoms with van der Waals surface area (Å²) in [6.07, 6.45) is 3.33. The number of nitrogens with one attached hydrogen (secondary N) is 1. The maximum absolute atomic E-state index is 12.5. The number of methoxy groups -OCH3 is 1. The molecule has 7 nitrogen and oxygen atoms in total. The molecule has 1 N–H and O–H groups in total. The zero-order valence-electron chi connectivity index (χ0n) is 17.0. The van der Waals surface area contributed by atoms with Gasteiger partial charge in [0.1, 0.15) is 11.0 Å². The molecule has 0 radical (unpaired) electrons. The number of benzene rings is 2. The number of nitrogens with zero attached hydrogens (tertiary/aromatic N) is 1. The topological polar surface area (TPSA) is 84.9 Å². The lowest BCUT2D eigenvalue weighted by Crippen LogP contribution is -2.35. The highest BCUT2D eigenvalue weighted by atomic mass is 32.2. The maximum atomic E-state index is 12.5. The van der Waals surface area contributed by atoms with Crippen molar-refractivity contribution in [3.63, 3.8) is 0 Å². The van der Waals surface area contributed by atoms with Gasteiger partial charge in [-0.25, -0.2) is 12.7 Å². The van der Waals surface area contributed by atoms with Gasteiger partial charge in [-0.3, -0.25) is 4.79 Å². The fourth-order valence-corrected chi connectivity index (χ4v) is 5.57. The first kappa shape index (κ1) is 20.7. The zero-order valence-corrected chi connectivity index (χ0v) is 17.8. The second-order valence-electron chi connectivity index (χ2n) is 7.52. The smallest absolute Gasteiger partial charge is 0.269 e. The molecule has 0 bridgehead atoms. The minimum atomic E-state index is -3.71. The fraction of sp³-hybridized carbons (Fsp3) is 0.409. The monoisotopic (exact) mass is 430 g/mol. The van der Waals surface area contributed by atoms with Crippen molar-refractivity contribution in [2.24, 2.45) is 0 Å². The van der Waals surface area contributed by atoms with Crippen LogP contribution in [0.15, 0.2) is 47.4 Å². The van der Waals surface area contributed by atoms with Crippen LogP contribution in [-0.4, -0.2) is 51.5 Å². The maximum Gasteiger partial charge on any atom is 0.269 e. The zero-order chi connectivity index (χ0) is 21.1. The molecular formula is C22H26N2O5S. The van der Waals surface area contributed by atoms with Gasteiger partial charge in [-0.15, -0.1) is 0 Å². The molecule has 4 rings (SSSR count). The molecule has 2 aromatic rings. The molecule has 8 heteroatoms. The molecule has 0 aliphatic carbocycles. The van der Waals surface area contributed by atoms with Gasteiger partial charge in [-0.05, 0) is 56.0 Å². The van der Waals surface area contributed by atoms with Gasteiger partial charge in [0.05, 0.1) is 12.7 Å². The number of para-hydroxylation sites is 1. The van der Waals surface area contributed by atoms with E-state index in [0.717, 1.165) is 41.6 Å². The van der Waals surface area contributed by atoms with Crippen molar-refractivity contribution in [2.75, 3.05) is 26.7 Å². The Bertz CT molecular complexity index is 1020. The van der Waals surface area contributed by atoms with Crippen molar-refractivity contribution < 1.29 is 22.7 Å². The minimum Gasteiger partial charge on any atom is -0.493 e. The largest absolute Gasteiger partial charge is 0.493 e. The van der Waals surface area contributed by atoms with Gasteiger partial charge >= 0.3 is 0 Å². The van der Waals surface area contributed by atoms with Crippen LogP contribution in [0.25, 0.3) is 0 Å². The summed E-state index contributed by atoms with van der Waals surface area (Å²) in [5, 5.41) is 3.38. The molecule has 2 aromatic carbocycles. The Morgan fingerprint density at radius 2 is 2.00 bits per heavy atom. The Kier molecular flexibility index (Phi) is 5.97. The molecule has 1 amide bonds. The van der Waals surface area contributed by atoms with Crippen molar-refractivity contribution in [3.05, 3.63) is 53.6 Å². The number of aryl methyl sites for hydroxylation is 1. The predicted molar refractivity (Wildman–Crippen MR) is 112 cm³/mol. The van der Waals surface area contributed by atoms with E-state index < -0.39 is 15.9 Å². The average molecular weight is 431 g/mol. The Morgan fingerprint density at radius 1 is 1.17 bits per heavy atom. The van der Waals surface area contributed by atoms with Gasteiger partial charge in [0.25, 0.3) is 15.9 Å². The average Bonchev–Trinajstić information content (AvgIpc) is 2.96. The van der Waals surface area contributed by atoms with Crippen LogP contribution in [0.5, 0.6) is 11.5 Å². The van der Waals surface area contributed by atoms with E-state index in [1.165, 1.54) is 11.6 Å². The Labute approximate surface area is 177 Å². The quantitative estimate of drug-likeness (QED) is 0.648. The summed E-state index contributed by atoms with van der Waals surface area (Å²) < 4.78 is 37.6. The third-order valence-electron chi connectivity index (χ3n) is 5.55. The summed E-state index contributed by atoms with van der Waals surface area (Å²) in [6, 6.07) is 12.3. The molecule has 0 saturated heterocycles. The Balaban J connectivity index is 1.21. The van der Waals surface area contributed by atoms with Crippen LogP contribution in [0.1, 0.15) is 35.2 Å². The van der Waals surface area contributed by atoms with Crippen molar-refractivity contribution in [1.29, 1.82) is 0 Å². The molecule has 1 unspecified atom stereocenters. The predicted octanol–water partition coefficient (Wildman–Crippen LogP) is 2.60. The molecule has 1 atom stereocenters. The standard InChI is InChI=1S/C22H26N2O5S/c1-28-19-9-6-7-16-11-12-17(29-21(16)19)15-23-13-4-5-14-24-22(25)18-8-2-3-10-20(18)30(24,26)27/h2-3,6-10,17,23H,4-5,11-15H2,1H3. The van der Waals surface area contributed by atoms with Crippen molar-refractivity contribution >= 4 is 15.9 Å². The molecule has 2 heterocycles. The number of rotatable bonds is 8. The van der Waals surface area contributed by atoms with E-state index in [1.807, 2.05) is 12.1 Å². The first-order chi connectivity index (χ1) is 14.5. The lowest BCUT2D eigenvalue weighted by atomic mass is 10.0. The number of unbranched alkanes of at least 4 members (excludes halogenated alkanes) is 1. The van der Waals surface area contributed by atoms with Crippen LogP contribution < -0.4 is 14.8 Å². The van der Waals surface area contributed by atoms with E-state index in [4.69, 9.17) is 9.47 Å². The molecule has 2 aliphatic rings. The summed E-state index contributed by atoms with van der Waals surface area (Å²) in [5.74, 6) is 1.16. The van der Waals surface area contributed by atoms with Gasteiger partial charge < -0.3 is 14.8 Å². The first-order valence-electron chi connectivity index (χ1n) is 10.2. The number of hydrogen-bond acceptors (Lipinski definition) is 6. The summed E-state index contributed by atoms with van der Waals surface area (Å²) in [4.78, 5) is 12.5. The van der Waals surface area contributed by atoms with Crippen molar-refractivity contribution in [3.8, 4) is 11.5 Å². The van der Waals surface area contributed by atoms with Crippen molar-refractivity contribution in [1.82, 2.24) is 9.62 Å². The normalized spacial score (nSPS) is 19.2. The highest BCUT2D eigenvalue weighted by Gasteiger charge is 2.40. The van der Waals surface area contributed by atoms with Crippen LogP contribution in [0, 0.1) is 0 Å². The number of ether oxygens (including phenoxy) is 2. The van der Waals surface area contributed by atoms with Crippen molar-refractivity contribution in [2.45, 2.75) is 36.7 Å². The molecule has 2 aliphatic heterocycles. The van der Waals surface area contributed by atoms with E-state index >= 15 is 0 Å². The Morgan fingerprint density at radius 3 is 2.80 bits per heavy atom. The van der Waals surface area contributed by atoms with Crippen LogP contribution >= 0.6 is 0 Å². The van der Waals surface area contributed by atoms with E-state index in [9.17, 15) is 13.2 Å². The second kappa shape index (κ2) is 8.65. The summed E-state index contributed by atoms with van der Waals surface area (Å²) >= 11 is 0. The third-order valence-corrected chi connectivity index (χ3v) is 7.39. The number of amides is 1. The first-order valence-corrected chi connectivity index (χ1v) is 11.7. The van der Waals surface area contributed by atoms with Gasteiger partial charge in [-0.1, -0.05) is 24.3 Å². The minimum absolute atomic E-state index is 0.0730. The molecule has 30 heavy (non-hydrogen) atoms. The van der Waals surface area contributed by atoms with E-state index in [0.29, 0.717) is 13.0 Å². The lowest BCUT2D eigenvalue weighted by Gasteiger charge is -2.27. The molecule has 0 saturated carbocycles. The van der Waals surface area contributed by atoms with Gasteiger partial charge in [0, 0.05) is 13.1 Å². The van der Waals surface area contributed by atoms with Crippen LogP contribution in [0.2, 0.25) is 0 Å². The highest BCUT2D eigenvalue weighted by Crippen LogP contribution is 2.36. The number of carbonyl (C=O) groups is 1. The lowest BCUT2D eigenvalue weighted by molar-refractivity contribution is 0.0869. The van der Waals surface area contributed by atoms with Gasteiger partial charge in [-0.2, -0.15) is 0 Å². The van der Waals surface area contributed by atoms with Crippen LogP contribution in [-0.2, 0) is 16.4 Å². The third kappa shape index (κ3) is 3.89. The SMILES string of the molecule is COc1cccc2c1OC(CNCCCCN1C(=O)c3ccccc3S1(=O)=O)CC2. The second-order valence-corrected chi connectivity index (χ2v) is 9.35. The Hall–Kier alpha value is -2.58. The number of sulfonamides is 1. The molecule has 0 aromatic heterocycles. The molecule has 0 spiro atoms. The highest BCUT2D eigenvalue weighted by molar-refractivity contribution is 7.90. The van der Waals surface area contributed by atoms with Gasteiger partial charge in [0.15, 0.2) is 11.5 Å². The number of carbonyl (C=O) groups excluding carboxylic acids is 1. The summed E-state index contributed by atoms with van der Waals surface area (Å²) in [6.45, 7) is 1.64. The fourth-order valence-electron chi connectivity index (χ4n) is 3.96. The summed E-state index contributed by atoms with van der Waals surface area (Å²) in [7, 11) is -2.07. The molecule has 0 fully saturated rings.